The number of para-hydroxylation sites is 1. The molecule has 1 aliphatic rings. The number of benzene rings is 2. The van der Waals surface area contributed by atoms with Crippen molar-refractivity contribution in [3.8, 4) is 5.75 Å². The number of hydrogen-bond donors (Lipinski definition) is 1. The van der Waals surface area contributed by atoms with Crippen LogP contribution in [0.5, 0.6) is 5.75 Å². The summed E-state index contributed by atoms with van der Waals surface area (Å²) in [6, 6.07) is 15.1. The van der Waals surface area contributed by atoms with E-state index >= 15 is 0 Å². The molecule has 0 bridgehead atoms. The first-order valence-electron chi connectivity index (χ1n) is 7.45. The van der Waals surface area contributed by atoms with E-state index in [1.54, 1.807) is 0 Å². The Morgan fingerprint density at radius 1 is 1.10 bits per heavy atom. The molecule has 110 valence electrons. The minimum Gasteiger partial charge on any atom is -0.489 e. The van der Waals surface area contributed by atoms with Crippen molar-refractivity contribution in [1.82, 2.24) is 4.90 Å². The number of nitrogens with one attached hydrogen (secondary N) is 1. The fourth-order valence-electron chi connectivity index (χ4n) is 2.71. The molecule has 1 N–H and O–H groups in total. The van der Waals surface area contributed by atoms with E-state index in [0.29, 0.717) is 0 Å². The quantitative estimate of drug-likeness (QED) is 0.930. The number of rotatable bonds is 4. The summed E-state index contributed by atoms with van der Waals surface area (Å²) in [5.74, 6) is 1.01. The molecule has 0 unspecified atom stereocenters. The van der Waals surface area contributed by atoms with Crippen molar-refractivity contribution in [1.29, 1.82) is 0 Å². The fraction of sp³-hybridized carbons (Fsp3) is 0.333. The van der Waals surface area contributed by atoms with Crippen LogP contribution in [0.15, 0.2) is 42.5 Å². The van der Waals surface area contributed by atoms with Crippen LogP contribution in [0.3, 0.4) is 0 Å². The van der Waals surface area contributed by atoms with Crippen molar-refractivity contribution in [2.45, 2.75) is 20.0 Å². The second-order valence-corrected chi connectivity index (χ2v) is 5.73. The summed E-state index contributed by atoms with van der Waals surface area (Å²) in [7, 11) is 2.15. The molecule has 0 atom stereocenters. The molecule has 2 aromatic rings. The van der Waals surface area contributed by atoms with Gasteiger partial charge in [0.25, 0.3) is 0 Å². The van der Waals surface area contributed by atoms with E-state index < -0.39 is 0 Å². The second-order valence-electron chi connectivity index (χ2n) is 5.73. The van der Waals surface area contributed by atoms with E-state index in [9.17, 15) is 0 Å². The molecule has 1 heterocycles. The summed E-state index contributed by atoms with van der Waals surface area (Å²) in [6.45, 7) is 5.57. The number of aryl methyl sites for hydroxylation is 1. The second kappa shape index (κ2) is 6.19. The van der Waals surface area contributed by atoms with Gasteiger partial charge in [-0.3, -0.25) is 4.90 Å². The number of ether oxygens (including phenoxy) is 1. The Bertz CT molecular complexity index is 607. The lowest BCUT2D eigenvalue weighted by atomic mass is 10.1. The van der Waals surface area contributed by atoms with E-state index in [1.807, 2.05) is 0 Å². The molecule has 3 rings (SSSR count). The maximum Gasteiger partial charge on any atom is 0.146 e. The number of anilines is 1. The maximum atomic E-state index is 5.83. The normalized spacial score (nSPS) is 13.5. The molecule has 0 saturated carbocycles. The van der Waals surface area contributed by atoms with Crippen LogP contribution in [0.2, 0.25) is 0 Å². The maximum absolute atomic E-state index is 5.83. The molecular weight excluding hydrogens is 260 g/mol. The molecule has 1 aliphatic heterocycles. The van der Waals surface area contributed by atoms with Crippen molar-refractivity contribution in [2.24, 2.45) is 0 Å². The summed E-state index contributed by atoms with van der Waals surface area (Å²) in [4.78, 5) is 2.32. The van der Waals surface area contributed by atoms with Gasteiger partial charge in [0.15, 0.2) is 0 Å². The fourth-order valence-corrected chi connectivity index (χ4v) is 2.71. The standard InChI is InChI=1S/C18H22N2O/c1-14-6-8-15(9-7-14)12-20(2)13-16-4-3-5-17-18(16)21-11-10-19-17/h3-9,19H,10-13H2,1-2H3. The Balaban J connectivity index is 1.70. The summed E-state index contributed by atoms with van der Waals surface area (Å²) in [6.07, 6.45) is 0. The highest BCUT2D eigenvalue weighted by atomic mass is 16.5. The molecule has 0 saturated heterocycles. The van der Waals surface area contributed by atoms with Crippen LogP contribution in [0.25, 0.3) is 0 Å². The third-order valence-corrected chi connectivity index (χ3v) is 3.77. The third-order valence-electron chi connectivity index (χ3n) is 3.77. The summed E-state index contributed by atoms with van der Waals surface area (Å²) < 4.78 is 5.83. The van der Waals surface area contributed by atoms with Crippen LogP contribution in [-0.4, -0.2) is 25.1 Å². The van der Waals surface area contributed by atoms with Gasteiger partial charge < -0.3 is 10.1 Å². The third kappa shape index (κ3) is 3.37. The Kier molecular flexibility index (Phi) is 4.11. The van der Waals surface area contributed by atoms with E-state index in [4.69, 9.17) is 4.74 Å². The highest BCUT2D eigenvalue weighted by molar-refractivity contribution is 5.61. The average molecular weight is 282 g/mol. The van der Waals surface area contributed by atoms with Crippen molar-refractivity contribution < 1.29 is 4.74 Å². The van der Waals surface area contributed by atoms with Gasteiger partial charge in [0, 0.05) is 25.2 Å². The van der Waals surface area contributed by atoms with Gasteiger partial charge in [-0.05, 0) is 25.6 Å². The van der Waals surface area contributed by atoms with E-state index in [2.05, 4.69) is 66.7 Å². The van der Waals surface area contributed by atoms with Crippen LogP contribution >= 0.6 is 0 Å². The Morgan fingerprint density at radius 2 is 1.90 bits per heavy atom. The zero-order chi connectivity index (χ0) is 14.7. The Labute approximate surface area is 126 Å². The molecule has 3 nitrogen and oxygen atoms in total. The van der Waals surface area contributed by atoms with Crippen molar-refractivity contribution in [2.75, 3.05) is 25.5 Å². The predicted octanol–water partition coefficient (Wildman–Crippen LogP) is 3.43. The number of nitrogens with zero attached hydrogens (tertiary/aromatic N) is 1. The predicted molar refractivity (Wildman–Crippen MR) is 86.8 cm³/mol. The SMILES string of the molecule is Cc1ccc(CN(C)Cc2cccc3c2OCCN3)cc1. The van der Waals surface area contributed by atoms with E-state index in [-0.39, 0.29) is 0 Å². The molecule has 0 aromatic heterocycles. The Hall–Kier alpha value is -2.00. The summed E-state index contributed by atoms with van der Waals surface area (Å²) in [5.41, 5.74) is 5.00. The van der Waals surface area contributed by atoms with E-state index in [1.165, 1.54) is 16.7 Å². The molecule has 2 aromatic carbocycles. The van der Waals surface area contributed by atoms with Gasteiger partial charge in [-0.25, -0.2) is 0 Å². The van der Waals surface area contributed by atoms with Gasteiger partial charge in [-0.1, -0.05) is 42.0 Å². The average Bonchev–Trinajstić information content (AvgIpc) is 2.50. The van der Waals surface area contributed by atoms with Crippen molar-refractivity contribution in [3.63, 3.8) is 0 Å². The van der Waals surface area contributed by atoms with Crippen LogP contribution in [0, 0.1) is 6.92 Å². The van der Waals surface area contributed by atoms with Crippen LogP contribution in [0.4, 0.5) is 5.69 Å². The van der Waals surface area contributed by atoms with Crippen molar-refractivity contribution >= 4 is 5.69 Å². The van der Waals surface area contributed by atoms with Crippen LogP contribution < -0.4 is 10.1 Å². The van der Waals surface area contributed by atoms with Gasteiger partial charge >= 0.3 is 0 Å². The van der Waals surface area contributed by atoms with Gasteiger partial charge in [-0.2, -0.15) is 0 Å². The first-order valence-corrected chi connectivity index (χ1v) is 7.45. The summed E-state index contributed by atoms with van der Waals surface area (Å²) in [5, 5.41) is 3.39. The van der Waals surface area contributed by atoms with E-state index in [0.717, 1.165) is 37.7 Å². The number of hydrogen-bond acceptors (Lipinski definition) is 3. The highest BCUT2D eigenvalue weighted by Crippen LogP contribution is 2.31. The topological polar surface area (TPSA) is 24.5 Å². The molecule has 21 heavy (non-hydrogen) atoms. The Morgan fingerprint density at radius 3 is 2.71 bits per heavy atom. The highest BCUT2D eigenvalue weighted by Gasteiger charge is 2.14. The first kappa shape index (κ1) is 14.0. The minimum atomic E-state index is 0.742. The van der Waals surface area contributed by atoms with Gasteiger partial charge in [0.1, 0.15) is 12.4 Å². The molecular formula is C18H22N2O. The zero-order valence-electron chi connectivity index (χ0n) is 12.7. The zero-order valence-corrected chi connectivity index (χ0v) is 12.7. The summed E-state index contributed by atoms with van der Waals surface area (Å²) >= 11 is 0. The molecule has 0 fully saturated rings. The molecule has 3 heteroatoms. The van der Waals surface area contributed by atoms with Gasteiger partial charge in [-0.15, -0.1) is 0 Å². The van der Waals surface area contributed by atoms with Gasteiger partial charge in [0.2, 0.25) is 0 Å². The van der Waals surface area contributed by atoms with Gasteiger partial charge in [0.05, 0.1) is 5.69 Å². The lowest BCUT2D eigenvalue weighted by molar-refractivity contribution is 0.291. The molecule has 0 aliphatic carbocycles. The lowest BCUT2D eigenvalue weighted by Gasteiger charge is -2.24. The molecule has 0 radical (unpaired) electrons. The lowest BCUT2D eigenvalue weighted by Crippen LogP contribution is -2.22. The largest absolute Gasteiger partial charge is 0.489 e. The smallest absolute Gasteiger partial charge is 0.146 e. The molecule has 0 spiro atoms. The number of fused-ring (bicyclic) bond motifs is 1. The van der Waals surface area contributed by atoms with Crippen molar-refractivity contribution in [3.05, 3.63) is 59.2 Å². The monoisotopic (exact) mass is 282 g/mol. The van der Waals surface area contributed by atoms with Crippen LogP contribution in [-0.2, 0) is 13.1 Å². The first-order chi connectivity index (χ1) is 10.2. The molecule has 0 amide bonds. The minimum absolute atomic E-state index is 0.742. The van der Waals surface area contributed by atoms with Crippen LogP contribution in [0.1, 0.15) is 16.7 Å².